The van der Waals surface area contributed by atoms with Gasteiger partial charge in [-0.1, -0.05) is 18.2 Å². The number of hydrogen-bond acceptors (Lipinski definition) is 6. The number of aryl methyl sites for hydroxylation is 1. The minimum absolute atomic E-state index is 0.210. The molecule has 2 heterocycles. The van der Waals surface area contributed by atoms with Crippen molar-refractivity contribution in [2.24, 2.45) is 0 Å². The molecule has 0 aliphatic carbocycles. The third-order valence-electron chi connectivity index (χ3n) is 4.91. The molecular formula is C24H21FN4O3. The third-order valence-corrected chi connectivity index (χ3v) is 4.91. The molecule has 0 amide bonds. The molecule has 2 aromatic heterocycles. The summed E-state index contributed by atoms with van der Waals surface area (Å²) in [5, 5.41) is 12.5. The molecule has 0 spiro atoms. The molecule has 4 aromatic rings. The van der Waals surface area contributed by atoms with Gasteiger partial charge in [-0.2, -0.15) is 5.10 Å². The lowest BCUT2D eigenvalue weighted by Gasteiger charge is -2.07. The molecule has 32 heavy (non-hydrogen) atoms. The number of ether oxygens (including phenoxy) is 1. The number of rotatable bonds is 6. The second kappa shape index (κ2) is 8.97. The highest BCUT2D eigenvalue weighted by Crippen LogP contribution is 2.23. The van der Waals surface area contributed by atoms with E-state index in [2.05, 4.69) is 15.3 Å². The van der Waals surface area contributed by atoms with Crippen LogP contribution < -0.4 is 0 Å². The van der Waals surface area contributed by atoms with Gasteiger partial charge < -0.3 is 9.15 Å². The average molecular weight is 432 g/mol. The predicted octanol–water partition coefficient (Wildman–Crippen LogP) is 5.00. The number of nitrogens with zero attached hydrogens (tertiary/aromatic N) is 4. The van der Waals surface area contributed by atoms with Gasteiger partial charge in [-0.15, -0.1) is 10.2 Å². The summed E-state index contributed by atoms with van der Waals surface area (Å²) in [6.07, 6.45) is 2.27. The zero-order chi connectivity index (χ0) is 22.7. The van der Waals surface area contributed by atoms with Gasteiger partial charge in [-0.25, -0.2) is 13.9 Å². The number of carbonyl (C=O) groups is 1. The topological polar surface area (TPSA) is 83.0 Å². The molecule has 8 heteroatoms. The van der Waals surface area contributed by atoms with Gasteiger partial charge in [0.2, 0.25) is 5.89 Å². The maximum atomic E-state index is 13.2. The first kappa shape index (κ1) is 21.2. The van der Waals surface area contributed by atoms with Crippen molar-refractivity contribution in [1.29, 1.82) is 0 Å². The number of carbonyl (C=O) groups excluding carboxylic acids is 1. The van der Waals surface area contributed by atoms with Crippen LogP contribution in [0, 0.1) is 19.7 Å². The van der Waals surface area contributed by atoms with Crippen LogP contribution in [0.2, 0.25) is 0 Å². The van der Waals surface area contributed by atoms with E-state index >= 15 is 0 Å². The molecule has 1 atom stereocenters. The van der Waals surface area contributed by atoms with Crippen molar-refractivity contribution >= 4 is 12.0 Å². The summed E-state index contributed by atoms with van der Waals surface area (Å²) < 4.78 is 25.9. The molecule has 162 valence electrons. The smallest absolute Gasteiger partial charge is 0.331 e. The summed E-state index contributed by atoms with van der Waals surface area (Å²) in [4.78, 5) is 12.3. The molecule has 0 saturated heterocycles. The molecule has 0 saturated carbocycles. The number of aromatic nitrogens is 4. The highest BCUT2D eigenvalue weighted by atomic mass is 19.1. The second-order valence-corrected chi connectivity index (χ2v) is 7.20. The number of hydrogen-bond donors (Lipinski definition) is 0. The SMILES string of the molecule is Cc1nn(-c2ccc(F)cc2)c(C)c1/C=C/C(=O)OC(C)c1nnc(-c2ccccc2)o1. The molecule has 0 aliphatic heterocycles. The predicted molar refractivity (Wildman–Crippen MR) is 116 cm³/mol. The summed E-state index contributed by atoms with van der Waals surface area (Å²) in [5.74, 6) is -0.296. The van der Waals surface area contributed by atoms with Crippen LogP contribution >= 0.6 is 0 Å². The van der Waals surface area contributed by atoms with E-state index in [0.29, 0.717) is 5.89 Å². The molecule has 0 radical (unpaired) electrons. The van der Waals surface area contributed by atoms with Gasteiger partial charge >= 0.3 is 5.97 Å². The maximum Gasteiger partial charge on any atom is 0.331 e. The highest BCUT2D eigenvalue weighted by molar-refractivity contribution is 5.87. The van der Waals surface area contributed by atoms with Crippen molar-refractivity contribution in [2.45, 2.75) is 26.9 Å². The summed E-state index contributed by atoms with van der Waals surface area (Å²) in [5.41, 5.74) is 3.84. The van der Waals surface area contributed by atoms with Crippen LogP contribution in [-0.4, -0.2) is 25.9 Å². The molecule has 0 bridgehead atoms. The van der Waals surface area contributed by atoms with E-state index in [1.54, 1.807) is 29.8 Å². The van der Waals surface area contributed by atoms with Crippen molar-refractivity contribution in [3.63, 3.8) is 0 Å². The van der Waals surface area contributed by atoms with E-state index < -0.39 is 12.1 Å². The van der Waals surface area contributed by atoms with E-state index in [1.165, 1.54) is 18.2 Å². The molecular weight excluding hydrogens is 411 g/mol. The van der Waals surface area contributed by atoms with Crippen LogP contribution in [0.25, 0.3) is 23.2 Å². The molecule has 2 aromatic carbocycles. The molecule has 0 aliphatic rings. The Morgan fingerprint density at radius 1 is 1.09 bits per heavy atom. The number of halogens is 1. The summed E-state index contributed by atoms with van der Waals surface area (Å²) >= 11 is 0. The Balaban J connectivity index is 1.45. The van der Waals surface area contributed by atoms with Gasteiger partial charge in [0.05, 0.1) is 11.4 Å². The van der Waals surface area contributed by atoms with Crippen LogP contribution in [0.3, 0.4) is 0 Å². The molecule has 1 unspecified atom stereocenters. The Kier molecular flexibility index (Phi) is 5.93. The van der Waals surface area contributed by atoms with E-state index in [9.17, 15) is 9.18 Å². The Morgan fingerprint density at radius 2 is 1.81 bits per heavy atom. The van der Waals surface area contributed by atoms with Gasteiger partial charge in [-0.3, -0.25) is 0 Å². The van der Waals surface area contributed by atoms with Crippen LogP contribution in [-0.2, 0) is 9.53 Å². The summed E-state index contributed by atoms with van der Waals surface area (Å²) in [6, 6.07) is 15.4. The highest BCUT2D eigenvalue weighted by Gasteiger charge is 2.18. The standard InChI is InChI=1S/C24H21FN4O3/c1-15-21(16(2)29(28-15)20-11-9-19(25)10-12-20)13-14-22(30)31-17(3)23-26-27-24(32-23)18-7-5-4-6-8-18/h4-14,17H,1-3H3/b14-13+. The molecule has 0 N–H and O–H groups in total. The second-order valence-electron chi connectivity index (χ2n) is 7.20. The Morgan fingerprint density at radius 3 is 2.53 bits per heavy atom. The van der Waals surface area contributed by atoms with Crippen LogP contribution in [0.15, 0.2) is 65.1 Å². The van der Waals surface area contributed by atoms with Crippen LogP contribution in [0.4, 0.5) is 4.39 Å². The molecule has 4 rings (SSSR count). The van der Waals surface area contributed by atoms with Crippen LogP contribution in [0.5, 0.6) is 0 Å². The van der Waals surface area contributed by atoms with Crippen molar-refractivity contribution in [1.82, 2.24) is 20.0 Å². The first-order valence-corrected chi connectivity index (χ1v) is 10.0. The van der Waals surface area contributed by atoms with E-state index in [4.69, 9.17) is 9.15 Å². The number of benzene rings is 2. The lowest BCUT2D eigenvalue weighted by Crippen LogP contribution is -2.06. The zero-order valence-electron chi connectivity index (χ0n) is 17.8. The van der Waals surface area contributed by atoms with Gasteiger partial charge in [0.25, 0.3) is 5.89 Å². The zero-order valence-corrected chi connectivity index (χ0v) is 17.8. The Bertz CT molecular complexity index is 1260. The van der Waals surface area contributed by atoms with Crippen molar-refractivity contribution in [3.05, 3.63) is 89.3 Å². The van der Waals surface area contributed by atoms with Crippen molar-refractivity contribution < 1.29 is 18.3 Å². The first-order chi connectivity index (χ1) is 15.4. The fraction of sp³-hybridized carbons (Fsp3) is 0.167. The fourth-order valence-electron chi connectivity index (χ4n) is 3.24. The average Bonchev–Trinajstić information content (AvgIpc) is 3.39. The van der Waals surface area contributed by atoms with Crippen molar-refractivity contribution in [3.8, 4) is 17.1 Å². The summed E-state index contributed by atoms with van der Waals surface area (Å²) in [7, 11) is 0. The third kappa shape index (κ3) is 4.49. The number of esters is 1. The first-order valence-electron chi connectivity index (χ1n) is 10.0. The van der Waals surface area contributed by atoms with Gasteiger partial charge in [0.15, 0.2) is 6.10 Å². The lowest BCUT2D eigenvalue weighted by molar-refractivity contribution is -0.143. The van der Waals surface area contributed by atoms with Gasteiger partial charge in [0.1, 0.15) is 5.82 Å². The maximum absolute atomic E-state index is 13.2. The monoisotopic (exact) mass is 432 g/mol. The largest absolute Gasteiger partial charge is 0.449 e. The minimum atomic E-state index is -0.707. The van der Waals surface area contributed by atoms with Gasteiger partial charge in [0, 0.05) is 22.9 Å². The van der Waals surface area contributed by atoms with Crippen LogP contribution in [0.1, 0.15) is 35.9 Å². The Labute approximate surface area is 184 Å². The van der Waals surface area contributed by atoms with E-state index in [0.717, 1.165) is 28.2 Å². The van der Waals surface area contributed by atoms with E-state index in [1.807, 2.05) is 44.2 Å². The van der Waals surface area contributed by atoms with Crippen molar-refractivity contribution in [2.75, 3.05) is 0 Å². The normalized spacial score (nSPS) is 12.2. The Hall–Kier alpha value is -4.07. The fourth-order valence-corrected chi connectivity index (χ4v) is 3.24. The van der Waals surface area contributed by atoms with E-state index in [-0.39, 0.29) is 11.7 Å². The molecule has 0 fully saturated rings. The minimum Gasteiger partial charge on any atom is -0.449 e. The summed E-state index contributed by atoms with van der Waals surface area (Å²) in [6.45, 7) is 5.38. The lowest BCUT2D eigenvalue weighted by atomic mass is 10.2. The quantitative estimate of drug-likeness (QED) is 0.315. The molecule has 7 nitrogen and oxygen atoms in total. The van der Waals surface area contributed by atoms with Gasteiger partial charge in [-0.05, 0) is 63.2 Å².